The van der Waals surface area contributed by atoms with Crippen molar-refractivity contribution in [3.05, 3.63) is 0 Å². The summed E-state index contributed by atoms with van der Waals surface area (Å²) in [6.07, 6.45) is 4.88. The van der Waals surface area contributed by atoms with Gasteiger partial charge in [-0.15, -0.1) is 0 Å². The molecule has 0 aliphatic carbocycles. The standard InChI is InChI=1S/C8H16N2O/c9-10-5-4-8(7-10)3-1-2-6-11-8/h1-7,9H2. The molecule has 0 saturated carbocycles. The third-order valence-corrected chi connectivity index (χ3v) is 2.78. The Morgan fingerprint density at radius 1 is 1.27 bits per heavy atom. The van der Waals surface area contributed by atoms with E-state index in [0.717, 1.165) is 26.1 Å². The molecular formula is C8H16N2O. The Morgan fingerprint density at radius 2 is 2.18 bits per heavy atom. The summed E-state index contributed by atoms with van der Waals surface area (Å²) < 4.78 is 5.78. The van der Waals surface area contributed by atoms with Gasteiger partial charge in [0.25, 0.3) is 0 Å². The molecule has 3 heteroatoms. The molecule has 2 heterocycles. The molecule has 2 N–H and O–H groups in total. The van der Waals surface area contributed by atoms with Crippen molar-refractivity contribution in [1.82, 2.24) is 5.01 Å². The van der Waals surface area contributed by atoms with Gasteiger partial charge in [0.05, 0.1) is 5.60 Å². The molecule has 0 radical (unpaired) electrons. The van der Waals surface area contributed by atoms with Gasteiger partial charge in [0.2, 0.25) is 0 Å². The van der Waals surface area contributed by atoms with E-state index >= 15 is 0 Å². The van der Waals surface area contributed by atoms with Gasteiger partial charge >= 0.3 is 0 Å². The van der Waals surface area contributed by atoms with Crippen molar-refractivity contribution in [3.8, 4) is 0 Å². The molecule has 0 aromatic rings. The second kappa shape index (κ2) is 2.73. The Labute approximate surface area is 67.5 Å². The number of hydrazine groups is 1. The van der Waals surface area contributed by atoms with Gasteiger partial charge in [-0.1, -0.05) is 0 Å². The van der Waals surface area contributed by atoms with E-state index in [4.69, 9.17) is 10.6 Å². The first-order valence-electron chi connectivity index (χ1n) is 4.44. The molecule has 1 unspecified atom stereocenters. The molecule has 2 aliphatic heterocycles. The molecule has 2 fully saturated rings. The number of ether oxygens (including phenoxy) is 1. The maximum absolute atomic E-state index is 5.78. The highest BCUT2D eigenvalue weighted by atomic mass is 16.5. The highest BCUT2D eigenvalue weighted by Gasteiger charge is 2.39. The molecule has 11 heavy (non-hydrogen) atoms. The lowest BCUT2D eigenvalue weighted by Crippen LogP contribution is -2.40. The predicted octanol–water partition coefficient (Wildman–Crippen LogP) is 0.505. The number of rotatable bonds is 0. The van der Waals surface area contributed by atoms with Gasteiger partial charge in [-0.05, 0) is 25.7 Å². The quantitative estimate of drug-likeness (QED) is 0.519. The van der Waals surface area contributed by atoms with Crippen LogP contribution in [0, 0.1) is 0 Å². The van der Waals surface area contributed by atoms with Gasteiger partial charge in [-0.25, -0.2) is 5.01 Å². The number of hydrogen-bond acceptors (Lipinski definition) is 3. The Kier molecular flexibility index (Phi) is 1.87. The summed E-state index contributed by atoms with van der Waals surface area (Å²) in [6, 6.07) is 0. The lowest BCUT2D eigenvalue weighted by atomic mass is 9.93. The molecular weight excluding hydrogens is 140 g/mol. The van der Waals surface area contributed by atoms with Gasteiger partial charge in [0, 0.05) is 19.7 Å². The van der Waals surface area contributed by atoms with E-state index in [-0.39, 0.29) is 5.60 Å². The summed E-state index contributed by atoms with van der Waals surface area (Å²) >= 11 is 0. The van der Waals surface area contributed by atoms with Crippen molar-refractivity contribution in [1.29, 1.82) is 0 Å². The average Bonchev–Trinajstić information content (AvgIpc) is 2.34. The molecule has 2 saturated heterocycles. The smallest absolute Gasteiger partial charge is 0.0835 e. The molecule has 2 rings (SSSR count). The van der Waals surface area contributed by atoms with Crippen LogP contribution in [0.15, 0.2) is 0 Å². The fraction of sp³-hybridized carbons (Fsp3) is 1.00. The SMILES string of the molecule is NN1CCC2(CCCCO2)C1. The molecule has 1 atom stereocenters. The van der Waals surface area contributed by atoms with Crippen LogP contribution in [0.25, 0.3) is 0 Å². The van der Waals surface area contributed by atoms with Crippen molar-refractivity contribution < 1.29 is 4.74 Å². The summed E-state index contributed by atoms with van der Waals surface area (Å²) in [5.41, 5.74) is 0.146. The minimum Gasteiger partial charge on any atom is -0.374 e. The zero-order valence-electron chi connectivity index (χ0n) is 6.88. The van der Waals surface area contributed by atoms with Crippen LogP contribution in [0.2, 0.25) is 0 Å². The van der Waals surface area contributed by atoms with E-state index < -0.39 is 0 Å². The zero-order chi connectivity index (χ0) is 7.73. The number of nitrogens with zero attached hydrogens (tertiary/aromatic N) is 1. The van der Waals surface area contributed by atoms with Gasteiger partial charge in [0.1, 0.15) is 0 Å². The Hall–Kier alpha value is -0.120. The summed E-state index contributed by atoms with van der Waals surface area (Å²) in [6.45, 7) is 2.88. The summed E-state index contributed by atoms with van der Waals surface area (Å²) in [5, 5.41) is 1.88. The van der Waals surface area contributed by atoms with Gasteiger partial charge < -0.3 is 4.74 Å². The van der Waals surface area contributed by atoms with Gasteiger partial charge in [-0.3, -0.25) is 5.84 Å². The monoisotopic (exact) mass is 156 g/mol. The first-order chi connectivity index (χ1) is 5.31. The Bertz CT molecular complexity index is 138. The Morgan fingerprint density at radius 3 is 2.73 bits per heavy atom. The van der Waals surface area contributed by atoms with E-state index in [0.29, 0.717) is 0 Å². The summed E-state index contributed by atoms with van der Waals surface area (Å²) in [5.74, 6) is 5.69. The topological polar surface area (TPSA) is 38.5 Å². The van der Waals surface area contributed by atoms with E-state index in [1.54, 1.807) is 0 Å². The van der Waals surface area contributed by atoms with Gasteiger partial charge in [0.15, 0.2) is 0 Å². The van der Waals surface area contributed by atoms with Crippen LogP contribution in [0.5, 0.6) is 0 Å². The zero-order valence-corrected chi connectivity index (χ0v) is 6.88. The molecule has 3 nitrogen and oxygen atoms in total. The molecule has 0 bridgehead atoms. The van der Waals surface area contributed by atoms with Crippen molar-refractivity contribution in [2.45, 2.75) is 31.3 Å². The third kappa shape index (κ3) is 1.41. The fourth-order valence-corrected chi connectivity index (χ4v) is 2.11. The van der Waals surface area contributed by atoms with Crippen molar-refractivity contribution in [2.24, 2.45) is 5.84 Å². The molecule has 0 aromatic carbocycles. The Balaban J connectivity index is 1.98. The maximum Gasteiger partial charge on any atom is 0.0835 e. The lowest BCUT2D eigenvalue weighted by molar-refractivity contribution is -0.0695. The summed E-state index contributed by atoms with van der Waals surface area (Å²) in [7, 11) is 0. The fourth-order valence-electron chi connectivity index (χ4n) is 2.11. The normalized spacial score (nSPS) is 40.1. The third-order valence-electron chi connectivity index (χ3n) is 2.78. The first kappa shape index (κ1) is 7.53. The predicted molar refractivity (Wildman–Crippen MR) is 42.9 cm³/mol. The van der Waals surface area contributed by atoms with Crippen molar-refractivity contribution in [3.63, 3.8) is 0 Å². The van der Waals surface area contributed by atoms with Crippen LogP contribution < -0.4 is 5.84 Å². The maximum atomic E-state index is 5.78. The van der Waals surface area contributed by atoms with Crippen LogP contribution in [0.4, 0.5) is 0 Å². The van der Waals surface area contributed by atoms with Crippen molar-refractivity contribution >= 4 is 0 Å². The largest absolute Gasteiger partial charge is 0.374 e. The minimum atomic E-state index is 0.146. The van der Waals surface area contributed by atoms with Crippen LogP contribution in [0.3, 0.4) is 0 Å². The van der Waals surface area contributed by atoms with Crippen LogP contribution in [0.1, 0.15) is 25.7 Å². The molecule has 2 aliphatic rings. The second-order valence-corrected chi connectivity index (χ2v) is 3.71. The van der Waals surface area contributed by atoms with E-state index in [9.17, 15) is 0 Å². The molecule has 0 aromatic heterocycles. The minimum absolute atomic E-state index is 0.146. The molecule has 64 valence electrons. The van der Waals surface area contributed by atoms with Crippen LogP contribution >= 0.6 is 0 Å². The highest BCUT2D eigenvalue weighted by Crippen LogP contribution is 2.32. The lowest BCUT2D eigenvalue weighted by Gasteiger charge is -2.33. The first-order valence-corrected chi connectivity index (χ1v) is 4.44. The van der Waals surface area contributed by atoms with E-state index in [1.807, 2.05) is 5.01 Å². The van der Waals surface area contributed by atoms with Crippen LogP contribution in [-0.2, 0) is 4.74 Å². The number of hydrogen-bond donors (Lipinski definition) is 1. The molecule has 1 spiro atoms. The van der Waals surface area contributed by atoms with E-state index in [2.05, 4.69) is 0 Å². The summed E-state index contributed by atoms with van der Waals surface area (Å²) in [4.78, 5) is 0. The molecule has 0 amide bonds. The van der Waals surface area contributed by atoms with Crippen molar-refractivity contribution in [2.75, 3.05) is 19.7 Å². The average molecular weight is 156 g/mol. The highest BCUT2D eigenvalue weighted by molar-refractivity contribution is 4.91. The van der Waals surface area contributed by atoms with Crippen LogP contribution in [-0.4, -0.2) is 30.3 Å². The van der Waals surface area contributed by atoms with E-state index in [1.165, 1.54) is 19.3 Å². The second-order valence-electron chi connectivity index (χ2n) is 3.71. The number of nitrogens with two attached hydrogens (primary N) is 1. The van der Waals surface area contributed by atoms with Gasteiger partial charge in [-0.2, -0.15) is 0 Å².